The van der Waals surface area contributed by atoms with Crippen molar-refractivity contribution in [3.8, 4) is 0 Å². The predicted molar refractivity (Wildman–Crippen MR) is 103 cm³/mol. The molecule has 6 nitrogen and oxygen atoms in total. The van der Waals surface area contributed by atoms with Gasteiger partial charge in [0.2, 0.25) is 0 Å². The van der Waals surface area contributed by atoms with E-state index in [4.69, 9.17) is 5.26 Å². The molecule has 27 heavy (non-hydrogen) atoms. The molecule has 7 heteroatoms. The van der Waals surface area contributed by atoms with Gasteiger partial charge in [0.15, 0.2) is 0 Å². The van der Waals surface area contributed by atoms with Crippen LogP contribution in [-0.4, -0.2) is 33.8 Å². The number of carbonyl (C=O) groups excluding carboxylic acids is 1. The summed E-state index contributed by atoms with van der Waals surface area (Å²) in [6, 6.07) is 0. The number of amides is 1. The number of hydrogen-bond acceptors (Lipinski definition) is 4. The zero-order chi connectivity index (χ0) is 19.9. The van der Waals surface area contributed by atoms with Crippen molar-refractivity contribution in [2.45, 2.75) is 70.0 Å². The fourth-order valence-corrected chi connectivity index (χ4v) is 8.80. The molecule has 152 valence electrons. The van der Waals surface area contributed by atoms with E-state index < -0.39 is 24.4 Å². The zero-order valence-corrected chi connectivity index (χ0v) is 18.4. The minimum Gasteiger partial charge on any atom is -0.0596 e. The average Bonchev–Trinajstić information content (AvgIpc) is 2.52. The Labute approximate surface area is 164 Å². The summed E-state index contributed by atoms with van der Waals surface area (Å²) in [5, 5.41) is 10.8. The first-order valence-electron chi connectivity index (χ1n) is 9.80. The Kier molecular flexibility index (Phi) is 5.59. The molecule has 0 saturated heterocycles. The molecule has 0 aromatic heterocycles. The molecule has 0 spiro atoms. The Morgan fingerprint density at radius 3 is 2.07 bits per heavy atom. The molecule has 5 aliphatic carbocycles. The van der Waals surface area contributed by atoms with Crippen LogP contribution in [0, 0.1) is 22.7 Å². The van der Waals surface area contributed by atoms with Crippen LogP contribution < -0.4 is 5.32 Å². The fourth-order valence-electron chi connectivity index (χ4n) is 6.58. The Morgan fingerprint density at radius 1 is 1.15 bits per heavy atom. The Morgan fingerprint density at radius 2 is 1.70 bits per heavy atom. The van der Waals surface area contributed by atoms with Crippen molar-refractivity contribution in [2.75, 3.05) is 0 Å². The van der Waals surface area contributed by atoms with Gasteiger partial charge in [-0.05, 0) is 61.2 Å². The van der Waals surface area contributed by atoms with Crippen LogP contribution in [0.2, 0.25) is 0 Å². The monoisotopic (exact) mass is 441 g/mol. The minimum absolute atomic E-state index is 0.108. The number of rotatable bonds is 3. The molecular formula is C20H32AsNO5. The van der Waals surface area contributed by atoms with E-state index in [0.717, 1.165) is 22.7 Å². The molecule has 5 aliphatic rings. The van der Waals surface area contributed by atoms with Gasteiger partial charge in [0, 0.05) is 0 Å². The summed E-state index contributed by atoms with van der Waals surface area (Å²) in [5.41, 5.74) is 1.53. The van der Waals surface area contributed by atoms with Crippen molar-refractivity contribution in [3.63, 3.8) is 0 Å². The summed E-state index contributed by atoms with van der Waals surface area (Å²) >= 11 is -5.02. The van der Waals surface area contributed by atoms with E-state index in [2.05, 4.69) is 23.0 Å². The van der Waals surface area contributed by atoms with Crippen LogP contribution in [0.25, 0.3) is 0 Å². The second-order valence-electron chi connectivity index (χ2n) is 9.78. The summed E-state index contributed by atoms with van der Waals surface area (Å²) in [6.07, 6.45) is 15.6. The molecule has 4 bridgehead atoms. The second-order valence-corrected chi connectivity index (χ2v) is 14.0. The van der Waals surface area contributed by atoms with E-state index in [1.165, 1.54) is 25.5 Å². The van der Waals surface area contributed by atoms with Crippen LogP contribution in [0.3, 0.4) is 0 Å². The molecule has 2 unspecified atom stereocenters. The Hall–Kier alpha value is -0.812. The maximum Gasteiger partial charge on any atom is -0.0315 e. The number of nitrogens with one attached hydrogen (secondary N) is 1. The van der Waals surface area contributed by atoms with Crippen LogP contribution in [-0.2, 0) is 12.4 Å². The maximum absolute atomic E-state index is 11.6. The summed E-state index contributed by atoms with van der Waals surface area (Å²) in [5.74, 6) is 1.75. The minimum atomic E-state index is -5.02. The van der Waals surface area contributed by atoms with Crippen molar-refractivity contribution in [2.24, 2.45) is 22.7 Å². The van der Waals surface area contributed by atoms with Gasteiger partial charge in [0.1, 0.15) is 0 Å². The van der Waals surface area contributed by atoms with E-state index >= 15 is 0 Å². The predicted octanol–water partition coefficient (Wildman–Crippen LogP) is 3.38. The van der Waals surface area contributed by atoms with Crippen LogP contribution in [0.5, 0.6) is 0 Å². The third-order valence-corrected chi connectivity index (χ3v) is 10.2. The van der Waals surface area contributed by atoms with Gasteiger partial charge in [0.05, 0.1) is 0 Å². The fraction of sp³-hybridized carbons (Fsp3) is 0.750. The topological polar surface area (TPSA) is 95.9 Å². The van der Waals surface area contributed by atoms with Crippen LogP contribution in [0.4, 0.5) is 0 Å². The molecule has 2 atom stereocenters. The van der Waals surface area contributed by atoms with Crippen molar-refractivity contribution in [1.29, 1.82) is 0 Å². The van der Waals surface area contributed by atoms with Crippen LogP contribution in [0.15, 0.2) is 24.3 Å². The smallest absolute Gasteiger partial charge is 0.0315 e. The van der Waals surface area contributed by atoms with Gasteiger partial charge in [-0.2, -0.15) is 0 Å². The largest absolute Gasteiger partial charge is 0.0596 e. The normalized spacial score (nSPS) is 43.6. The standard InChI is InChI=1S/C12H20.C8H12AsNO5/c1-11-4-9-3-10(5-11)7-12(2,6-9)8-11;1-7(11)10-8(9(12,13)15-14)5-3-2-4-6-8/h9-10H,3-8H2,1-2H3;2-5,14H,6H2,1H3,(H,10,11)(H,12,13). The van der Waals surface area contributed by atoms with Gasteiger partial charge in [-0.25, -0.2) is 0 Å². The molecule has 0 radical (unpaired) electrons. The number of allylic oxidation sites excluding steroid dienone is 2. The van der Waals surface area contributed by atoms with Crippen LogP contribution >= 0.6 is 0 Å². The van der Waals surface area contributed by atoms with E-state index in [1.807, 2.05) is 0 Å². The molecule has 0 aliphatic heterocycles. The summed E-state index contributed by atoms with van der Waals surface area (Å²) in [6.45, 7) is 6.31. The van der Waals surface area contributed by atoms with Gasteiger partial charge >= 0.3 is 89.1 Å². The van der Waals surface area contributed by atoms with Crippen molar-refractivity contribution >= 4 is 20.1 Å². The molecular weight excluding hydrogens is 409 g/mol. The quantitative estimate of drug-likeness (QED) is 0.355. The third-order valence-electron chi connectivity index (χ3n) is 6.70. The molecule has 0 heterocycles. The first-order valence-corrected chi connectivity index (χ1v) is 13.1. The average molecular weight is 441 g/mol. The first-order chi connectivity index (χ1) is 12.5. The van der Waals surface area contributed by atoms with Gasteiger partial charge in [-0.1, -0.05) is 13.8 Å². The van der Waals surface area contributed by atoms with Gasteiger partial charge < -0.3 is 0 Å². The summed E-state index contributed by atoms with van der Waals surface area (Å²) in [4.78, 5) is 11.0. The van der Waals surface area contributed by atoms with E-state index in [0.29, 0.717) is 0 Å². The van der Waals surface area contributed by atoms with Gasteiger partial charge in [-0.15, -0.1) is 0 Å². The van der Waals surface area contributed by atoms with Crippen molar-refractivity contribution in [3.05, 3.63) is 24.3 Å². The molecule has 0 aromatic rings. The third kappa shape index (κ3) is 4.29. The van der Waals surface area contributed by atoms with Crippen LogP contribution in [0.1, 0.15) is 65.7 Å². The molecule has 0 aromatic carbocycles. The van der Waals surface area contributed by atoms with Gasteiger partial charge in [-0.3, -0.25) is 0 Å². The number of hydrogen-bond donors (Lipinski definition) is 3. The van der Waals surface area contributed by atoms with E-state index in [9.17, 15) is 12.6 Å². The van der Waals surface area contributed by atoms with Gasteiger partial charge in [0.25, 0.3) is 0 Å². The zero-order valence-electron chi connectivity index (χ0n) is 16.5. The number of carbonyl (C=O) groups is 1. The van der Waals surface area contributed by atoms with Crippen molar-refractivity contribution in [1.82, 2.24) is 5.32 Å². The molecule has 5 rings (SSSR count). The summed E-state index contributed by atoms with van der Waals surface area (Å²) < 4.78 is 23.3. The van der Waals surface area contributed by atoms with E-state index in [-0.39, 0.29) is 6.42 Å². The molecule has 3 N–H and O–H groups in total. The molecule has 4 fully saturated rings. The van der Waals surface area contributed by atoms with Crippen molar-refractivity contribution < 1.29 is 21.8 Å². The first kappa shape index (κ1) is 20.9. The second kappa shape index (κ2) is 7.22. The molecule has 1 amide bonds. The Balaban J connectivity index is 0.000000158. The van der Waals surface area contributed by atoms with E-state index in [1.54, 1.807) is 44.3 Å². The maximum atomic E-state index is 11.6. The molecule has 4 saturated carbocycles. The Bertz CT molecular complexity index is 668. The summed E-state index contributed by atoms with van der Waals surface area (Å²) in [7, 11) is 0. The SMILES string of the molecule is CC(=O)NC1([As](=O)(O)OO)C=CC=CC1.CC12CC3CC(C1)CC(C)(C3)C2.